The molecule has 0 saturated heterocycles. The van der Waals surface area contributed by atoms with Crippen LogP contribution in [0.5, 0.6) is 0 Å². The van der Waals surface area contributed by atoms with E-state index in [4.69, 9.17) is 0 Å². The maximum atomic E-state index is 10.8. The molecule has 5 heteroatoms. The van der Waals surface area contributed by atoms with Crippen molar-refractivity contribution in [2.75, 3.05) is 0 Å². The fourth-order valence-electron chi connectivity index (χ4n) is 1.66. The first-order valence-corrected chi connectivity index (χ1v) is 6.31. The zero-order valence-electron chi connectivity index (χ0n) is 9.39. The summed E-state index contributed by atoms with van der Waals surface area (Å²) in [5.41, 5.74) is 0.951. The van der Waals surface area contributed by atoms with Gasteiger partial charge in [-0.2, -0.15) is 0 Å². The molecule has 0 heterocycles. The quantitative estimate of drug-likeness (QED) is 0.334. The molecule has 0 N–H and O–H groups in total. The van der Waals surface area contributed by atoms with E-state index < -0.39 is 0 Å². The molecule has 92 valence electrons. The highest BCUT2D eigenvalue weighted by Gasteiger charge is 2.11. The summed E-state index contributed by atoms with van der Waals surface area (Å²) in [5.74, 6) is 0. The van der Waals surface area contributed by atoms with E-state index in [2.05, 4.69) is 15.9 Å². The van der Waals surface area contributed by atoms with E-state index >= 15 is 0 Å². The molecule has 0 aliphatic carbocycles. The summed E-state index contributed by atoms with van der Waals surface area (Å²) in [7, 11) is 0. The van der Waals surface area contributed by atoms with Crippen molar-refractivity contribution >= 4 is 26.3 Å². The summed E-state index contributed by atoms with van der Waals surface area (Å²) in [6.07, 6.45) is 3.81. The van der Waals surface area contributed by atoms with Gasteiger partial charge in [-0.3, -0.25) is 14.9 Å². The first kappa shape index (κ1) is 13.8. The first-order chi connectivity index (χ1) is 8.11. The van der Waals surface area contributed by atoms with Gasteiger partial charge in [0.2, 0.25) is 0 Å². The van der Waals surface area contributed by atoms with Crippen molar-refractivity contribution in [3.8, 4) is 0 Å². The van der Waals surface area contributed by atoms with Crippen molar-refractivity contribution in [2.24, 2.45) is 0 Å². The SMILES string of the molecule is O=C(Br)CCCCCc1ccccc1[N+](=O)[O-]. The summed E-state index contributed by atoms with van der Waals surface area (Å²) in [4.78, 5) is 21.1. The van der Waals surface area contributed by atoms with E-state index in [0.29, 0.717) is 12.8 Å². The third-order valence-corrected chi connectivity index (χ3v) is 2.90. The molecule has 1 rings (SSSR count). The summed E-state index contributed by atoms with van der Waals surface area (Å²) in [6, 6.07) is 6.79. The minimum atomic E-state index is -0.350. The van der Waals surface area contributed by atoms with Gasteiger partial charge in [-0.25, -0.2) is 0 Å². The zero-order valence-corrected chi connectivity index (χ0v) is 11.0. The van der Waals surface area contributed by atoms with Crippen molar-refractivity contribution in [1.82, 2.24) is 0 Å². The molecule has 0 aromatic heterocycles. The molecule has 1 aromatic rings. The van der Waals surface area contributed by atoms with Crippen molar-refractivity contribution in [3.05, 3.63) is 39.9 Å². The number of rotatable bonds is 7. The predicted octanol–water partition coefficient (Wildman–Crippen LogP) is 3.62. The highest BCUT2D eigenvalue weighted by Crippen LogP contribution is 2.20. The van der Waals surface area contributed by atoms with Gasteiger partial charge in [-0.05, 0) is 35.2 Å². The Morgan fingerprint density at radius 1 is 1.24 bits per heavy atom. The topological polar surface area (TPSA) is 60.2 Å². The van der Waals surface area contributed by atoms with Gasteiger partial charge >= 0.3 is 0 Å². The van der Waals surface area contributed by atoms with E-state index in [1.54, 1.807) is 12.1 Å². The van der Waals surface area contributed by atoms with Gasteiger partial charge in [-0.15, -0.1) is 0 Å². The highest BCUT2D eigenvalue weighted by molar-refractivity contribution is 9.18. The number of nitro benzene ring substituents is 1. The smallest absolute Gasteiger partial charge is 0.272 e. The fourth-order valence-corrected chi connectivity index (χ4v) is 1.94. The molecule has 0 aliphatic heterocycles. The normalized spacial score (nSPS) is 10.2. The van der Waals surface area contributed by atoms with Crippen molar-refractivity contribution in [1.29, 1.82) is 0 Å². The Morgan fingerprint density at radius 2 is 1.94 bits per heavy atom. The lowest BCUT2D eigenvalue weighted by atomic mass is 10.0. The van der Waals surface area contributed by atoms with Crippen LogP contribution in [0.15, 0.2) is 24.3 Å². The molecule has 1 aromatic carbocycles. The minimum absolute atomic E-state index is 0.0168. The molecular formula is C12H14BrNO3. The van der Waals surface area contributed by atoms with Crippen LogP contribution >= 0.6 is 15.9 Å². The van der Waals surface area contributed by atoms with Crippen LogP contribution < -0.4 is 0 Å². The summed E-state index contributed by atoms with van der Waals surface area (Å²) >= 11 is 2.87. The molecule has 17 heavy (non-hydrogen) atoms. The Morgan fingerprint density at radius 3 is 2.59 bits per heavy atom. The Labute approximate surface area is 108 Å². The lowest BCUT2D eigenvalue weighted by molar-refractivity contribution is -0.385. The Balaban J connectivity index is 2.41. The Bertz CT molecular complexity index is 406. The Hall–Kier alpha value is -1.23. The van der Waals surface area contributed by atoms with E-state index in [9.17, 15) is 14.9 Å². The monoisotopic (exact) mass is 299 g/mol. The standard InChI is InChI=1S/C12H14BrNO3/c13-12(15)9-3-1-2-6-10-7-4-5-8-11(10)14(16)17/h4-5,7-8H,1-3,6,9H2. The maximum absolute atomic E-state index is 10.8. The Kier molecular flexibility index (Phi) is 5.83. The molecule has 0 aliphatic rings. The van der Waals surface area contributed by atoms with E-state index in [1.165, 1.54) is 6.07 Å². The molecular weight excluding hydrogens is 286 g/mol. The van der Waals surface area contributed by atoms with Gasteiger partial charge < -0.3 is 0 Å². The number of hydrogen-bond donors (Lipinski definition) is 0. The van der Waals surface area contributed by atoms with E-state index in [0.717, 1.165) is 24.8 Å². The lowest BCUT2D eigenvalue weighted by Crippen LogP contribution is -1.95. The first-order valence-electron chi connectivity index (χ1n) is 5.52. The minimum Gasteiger partial charge on any atom is -0.287 e. The average molecular weight is 300 g/mol. The van der Waals surface area contributed by atoms with Crippen LogP contribution in [-0.2, 0) is 11.2 Å². The van der Waals surface area contributed by atoms with Gasteiger partial charge in [0.1, 0.15) is 0 Å². The molecule has 0 spiro atoms. The molecule has 0 saturated carbocycles. The largest absolute Gasteiger partial charge is 0.287 e. The predicted molar refractivity (Wildman–Crippen MR) is 69.2 cm³/mol. The van der Waals surface area contributed by atoms with Crippen molar-refractivity contribution in [2.45, 2.75) is 32.1 Å². The third-order valence-electron chi connectivity index (χ3n) is 2.51. The van der Waals surface area contributed by atoms with Crippen LogP contribution in [0.3, 0.4) is 0 Å². The number of nitrogens with zero attached hydrogens (tertiary/aromatic N) is 1. The van der Waals surface area contributed by atoms with Gasteiger partial charge in [0.15, 0.2) is 4.69 Å². The van der Waals surface area contributed by atoms with Crippen molar-refractivity contribution in [3.63, 3.8) is 0 Å². The summed E-state index contributed by atoms with van der Waals surface area (Å²) < 4.78 is 0.0168. The number of benzene rings is 1. The van der Waals surface area contributed by atoms with Gasteiger partial charge in [-0.1, -0.05) is 24.6 Å². The number of hydrogen-bond acceptors (Lipinski definition) is 3. The second-order valence-electron chi connectivity index (χ2n) is 3.80. The highest BCUT2D eigenvalue weighted by atomic mass is 79.9. The number of nitro groups is 1. The second-order valence-corrected chi connectivity index (χ2v) is 4.69. The number of carbonyl (C=O) groups is 1. The van der Waals surface area contributed by atoms with Gasteiger partial charge in [0, 0.05) is 18.1 Å². The van der Waals surface area contributed by atoms with Crippen LogP contribution in [0, 0.1) is 10.1 Å². The third kappa shape index (κ3) is 5.08. The number of aryl methyl sites for hydroxylation is 1. The summed E-state index contributed by atoms with van der Waals surface area (Å²) in [6.45, 7) is 0. The number of halogens is 1. The molecule has 0 amide bonds. The number of para-hydroxylation sites is 1. The molecule has 0 atom stereocenters. The number of unbranched alkanes of at least 4 members (excludes halogenated alkanes) is 2. The van der Waals surface area contributed by atoms with E-state index in [-0.39, 0.29) is 15.3 Å². The fraction of sp³-hybridized carbons (Fsp3) is 0.417. The molecule has 4 nitrogen and oxygen atoms in total. The van der Waals surface area contributed by atoms with Gasteiger partial charge in [0.25, 0.3) is 5.69 Å². The molecule has 0 unspecified atom stereocenters. The number of carbonyl (C=O) groups excluding carboxylic acids is 1. The zero-order chi connectivity index (χ0) is 12.7. The van der Waals surface area contributed by atoms with Crippen LogP contribution in [0.4, 0.5) is 5.69 Å². The van der Waals surface area contributed by atoms with Crippen LogP contribution in [0.2, 0.25) is 0 Å². The maximum Gasteiger partial charge on any atom is 0.272 e. The molecule has 0 bridgehead atoms. The van der Waals surface area contributed by atoms with Crippen LogP contribution in [0.1, 0.15) is 31.2 Å². The molecule has 0 fully saturated rings. The summed E-state index contributed by atoms with van der Waals surface area (Å²) in [5, 5.41) is 10.8. The average Bonchev–Trinajstić information content (AvgIpc) is 2.28. The van der Waals surface area contributed by atoms with Crippen molar-refractivity contribution < 1.29 is 9.72 Å². The van der Waals surface area contributed by atoms with Gasteiger partial charge in [0.05, 0.1) is 4.92 Å². The van der Waals surface area contributed by atoms with Crippen LogP contribution in [0.25, 0.3) is 0 Å². The van der Waals surface area contributed by atoms with Crippen LogP contribution in [-0.4, -0.2) is 9.62 Å². The van der Waals surface area contributed by atoms with E-state index in [1.807, 2.05) is 6.07 Å². The molecule has 0 radical (unpaired) electrons. The second kappa shape index (κ2) is 7.17. The lowest BCUT2D eigenvalue weighted by Gasteiger charge is -2.02.